The summed E-state index contributed by atoms with van der Waals surface area (Å²) in [5.74, 6) is -1.83. The molecule has 0 aliphatic heterocycles. The number of ketones is 1. The fourth-order valence-electron chi connectivity index (χ4n) is 1.42. The summed E-state index contributed by atoms with van der Waals surface area (Å²) < 4.78 is 43.2. The summed E-state index contributed by atoms with van der Waals surface area (Å²) in [7, 11) is 1.11. The monoisotopic (exact) mass is 277 g/mol. The first kappa shape index (κ1) is 14.3. The number of Topliss-reactive ketones (excluding diaryl/α,β-unsaturated/α-hetero) is 1. The van der Waals surface area contributed by atoms with E-state index in [9.17, 15) is 18.0 Å². The normalized spacial score (nSPS) is 10.9. The van der Waals surface area contributed by atoms with Gasteiger partial charge >= 0.3 is 6.18 Å². The summed E-state index contributed by atoms with van der Waals surface area (Å²) in [5, 5.41) is 8.65. The van der Waals surface area contributed by atoms with E-state index in [4.69, 9.17) is 21.6 Å². The van der Waals surface area contributed by atoms with Crippen LogP contribution in [0.1, 0.15) is 21.5 Å². The second kappa shape index (κ2) is 5.27. The fraction of sp³-hybridized carbons (Fsp3) is 0.273. The van der Waals surface area contributed by atoms with Gasteiger partial charge in [0, 0.05) is 0 Å². The largest absolute Gasteiger partial charge is 0.496 e. The maximum atomic E-state index is 12.8. The van der Waals surface area contributed by atoms with E-state index >= 15 is 0 Å². The number of rotatable bonds is 3. The maximum absolute atomic E-state index is 12.8. The van der Waals surface area contributed by atoms with E-state index in [1.54, 1.807) is 6.07 Å². The SMILES string of the molecule is COc1cc(C#N)cc(C(F)(F)F)c1C(=O)CCl. The fourth-order valence-corrected chi connectivity index (χ4v) is 1.55. The van der Waals surface area contributed by atoms with Crippen LogP contribution in [0.3, 0.4) is 0 Å². The minimum absolute atomic E-state index is 0.245. The van der Waals surface area contributed by atoms with Crippen molar-refractivity contribution in [1.29, 1.82) is 5.26 Å². The van der Waals surface area contributed by atoms with Gasteiger partial charge in [0.15, 0.2) is 5.78 Å². The smallest absolute Gasteiger partial charge is 0.417 e. The highest BCUT2D eigenvalue weighted by Crippen LogP contribution is 2.37. The van der Waals surface area contributed by atoms with Crippen molar-refractivity contribution in [2.24, 2.45) is 0 Å². The summed E-state index contributed by atoms with van der Waals surface area (Å²) in [6.45, 7) is 0. The second-order valence-corrected chi connectivity index (χ2v) is 3.53. The van der Waals surface area contributed by atoms with E-state index < -0.39 is 29.0 Å². The Morgan fingerprint density at radius 2 is 2.11 bits per heavy atom. The first-order valence-corrected chi connectivity index (χ1v) is 5.17. The molecule has 1 aromatic rings. The number of hydrogen-bond acceptors (Lipinski definition) is 3. The third kappa shape index (κ3) is 2.74. The molecule has 0 unspecified atom stereocenters. The van der Waals surface area contributed by atoms with Gasteiger partial charge in [-0.2, -0.15) is 18.4 Å². The van der Waals surface area contributed by atoms with Crippen LogP contribution in [0.4, 0.5) is 13.2 Å². The zero-order chi connectivity index (χ0) is 13.9. The molecule has 0 spiro atoms. The second-order valence-electron chi connectivity index (χ2n) is 3.27. The molecule has 7 heteroatoms. The number of nitriles is 1. The molecule has 18 heavy (non-hydrogen) atoms. The van der Waals surface area contributed by atoms with Gasteiger partial charge in [-0.3, -0.25) is 4.79 Å². The number of alkyl halides is 4. The zero-order valence-corrected chi connectivity index (χ0v) is 9.89. The van der Waals surface area contributed by atoms with Crippen LogP contribution in [0.5, 0.6) is 5.75 Å². The highest BCUT2D eigenvalue weighted by molar-refractivity contribution is 6.31. The van der Waals surface area contributed by atoms with Crippen LogP contribution in [0.2, 0.25) is 0 Å². The Morgan fingerprint density at radius 3 is 2.50 bits per heavy atom. The topological polar surface area (TPSA) is 50.1 Å². The van der Waals surface area contributed by atoms with Gasteiger partial charge in [0.25, 0.3) is 0 Å². The predicted octanol–water partition coefficient (Wildman–Crippen LogP) is 3.01. The summed E-state index contributed by atoms with van der Waals surface area (Å²) in [6.07, 6.45) is -4.77. The lowest BCUT2D eigenvalue weighted by atomic mass is 9.99. The van der Waals surface area contributed by atoms with Crippen molar-refractivity contribution in [2.45, 2.75) is 6.18 Å². The van der Waals surface area contributed by atoms with Crippen molar-refractivity contribution >= 4 is 17.4 Å². The summed E-state index contributed by atoms with van der Waals surface area (Å²) in [4.78, 5) is 11.5. The van der Waals surface area contributed by atoms with Crippen molar-refractivity contribution in [2.75, 3.05) is 13.0 Å². The Kier molecular flexibility index (Phi) is 4.19. The van der Waals surface area contributed by atoms with Crippen molar-refractivity contribution in [3.05, 3.63) is 28.8 Å². The number of nitrogens with zero attached hydrogens (tertiary/aromatic N) is 1. The predicted molar refractivity (Wildman–Crippen MR) is 57.8 cm³/mol. The van der Waals surface area contributed by atoms with Gasteiger partial charge in [-0.15, -0.1) is 11.6 Å². The number of halogens is 4. The molecule has 3 nitrogen and oxygen atoms in total. The lowest BCUT2D eigenvalue weighted by Gasteiger charge is -2.15. The Morgan fingerprint density at radius 1 is 1.50 bits per heavy atom. The molecule has 0 N–H and O–H groups in total. The molecule has 1 aromatic carbocycles. The van der Waals surface area contributed by atoms with Crippen molar-refractivity contribution in [1.82, 2.24) is 0 Å². The molecule has 0 amide bonds. The van der Waals surface area contributed by atoms with E-state index in [-0.39, 0.29) is 11.3 Å². The summed E-state index contributed by atoms with van der Waals surface area (Å²) in [5.41, 5.74) is -2.12. The third-order valence-electron chi connectivity index (χ3n) is 2.16. The van der Waals surface area contributed by atoms with Crippen molar-refractivity contribution in [3.63, 3.8) is 0 Å². The lowest BCUT2D eigenvalue weighted by Crippen LogP contribution is -2.16. The van der Waals surface area contributed by atoms with Crippen LogP contribution in [-0.2, 0) is 6.18 Å². The standard InChI is InChI=1S/C11H7ClF3NO2/c1-18-9-3-6(5-16)2-7(11(13,14)15)10(9)8(17)4-12/h2-3H,4H2,1H3. The van der Waals surface area contributed by atoms with Crippen molar-refractivity contribution in [3.8, 4) is 11.8 Å². The number of carbonyl (C=O) groups is 1. The quantitative estimate of drug-likeness (QED) is 0.630. The molecule has 0 aliphatic carbocycles. The van der Waals surface area contributed by atoms with Crippen LogP contribution < -0.4 is 4.74 Å². The van der Waals surface area contributed by atoms with Gasteiger partial charge in [-0.25, -0.2) is 0 Å². The average Bonchev–Trinajstić information content (AvgIpc) is 2.34. The highest BCUT2D eigenvalue weighted by atomic mass is 35.5. The molecule has 0 bridgehead atoms. The molecule has 0 aliphatic rings. The Balaban J connectivity index is 3.64. The molecule has 0 saturated carbocycles. The number of hydrogen-bond donors (Lipinski definition) is 0. The first-order chi connectivity index (χ1) is 8.35. The van der Waals surface area contributed by atoms with Crippen molar-refractivity contribution < 1.29 is 22.7 Å². The Hall–Kier alpha value is -1.74. The van der Waals surface area contributed by atoms with Crippen LogP contribution in [0, 0.1) is 11.3 Å². The van der Waals surface area contributed by atoms with Gasteiger partial charge in [0.1, 0.15) is 5.75 Å². The molecular weight excluding hydrogens is 271 g/mol. The summed E-state index contributed by atoms with van der Waals surface area (Å²) in [6, 6.07) is 3.24. The average molecular weight is 278 g/mol. The number of methoxy groups -OCH3 is 1. The molecule has 1 rings (SSSR count). The maximum Gasteiger partial charge on any atom is 0.417 e. The number of benzene rings is 1. The van der Waals surface area contributed by atoms with E-state index in [0.717, 1.165) is 13.2 Å². The molecule has 0 heterocycles. The van der Waals surface area contributed by atoms with Crippen LogP contribution in [0.15, 0.2) is 12.1 Å². The molecule has 0 radical (unpaired) electrons. The van der Waals surface area contributed by atoms with Gasteiger partial charge < -0.3 is 4.74 Å². The summed E-state index contributed by atoms with van der Waals surface area (Å²) >= 11 is 5.27. The minimum atomic E-state index is -4.77. The van der Waals surface area contributed by atoms with Gasteiger partial charge in [0.05, 0.1) is 35.7 Å². The molecule has 96 valence electrons. The molecule has 0 fully saturated rings. The Bertz CT molecular complexity index is 520. The number of ether oxygens (including phenoxy) is 1. The Labute approximate surface area is 106 Å². The molecular formula is C11H7ClF3NO2. The van der Waals surface area contributed by atoms with Gasteiger partial charge in [-0.1, -0.05) is 0 Å². The van der Waals surface area contributed by atoms with E-state index in [1.807, 2.05) is 0 Å². The highest BCUT2D eigenvalue weighted by Gasteiger charge is 2.37. The van der Waals surface area contributed by atoms with Gasteiger partial charge in [-0.05, 0) is 12.1 Å². The van der Waals surface area contributed by atoms with Crippen LogP contribution in [0.25, 0.3) is 0 Å². The van der Waals surface area contributed by atoms with E-state index in [1.165, 1.54) is 0 Å². The molecule has 0 saturated heterocycles. The molecule has 0 aromatic heterocycles. The van der Waals surface area contributed by atoms with Gasteiger partial charge in [0.2, 0.25) is 0 Å². The minimum Gasteiger partial charge on any atom is -0.496 e. The zero-order valence-electron chi connectivity index (χ0n) is 9.14. The molecule has 0 atom stereocenters. The lowest BCUT2D eigenvalue weighted by molar-refractivity contribution is -0.138. The van der Waals surface area contributed by atoms with E-state index in [2.05, 4.69) is 0 Å². The first-order valence-electron chi connectivity index (χ1n) is 4.63. The van der Waals surface area contributed by atoms with E-state index in [0.29, 0.717) is 6.07 Å². The van der Waals surface area contributed by atoms with Crippen LogP contribution in [-0.4, -0.2) is 18.8 Å². The number of carbonyl (C=O) groups excluding carboxylic acids is 1. The van der Waals surface area contributed by atoms with Crippen LogP contribution >= 0.6 is 11.6 Å². The third-order valence-corrected chi connectivity index (χ3v) is 2.40.